The van der Waals surface area contributed by atoms with E-state index in [-0.39, 0.29) is 18.1 Å². The molecule has 0 aliphatic heterocycles. The minimum atomic E-state index is -0.634. The van der Waals surface area contributed by atoms with Crippen LogP contribution in [0.4, 0.5) is 11.5 Å². The highest BCUT2D eigenvalue weighted by Crippen LogP contribution is 2.29. The Balaban J connectivity index is 2.11. The number of halogens is 1. The highest BCUT2D eigenvalue weighted by molar-refractivity contribution is 6.33. The summed E-state index contributed by atoms with van der Waals surface area (Å²) in [6.45, 7) is 3.69. The summed E-state index contributed by atoms with van der Waals surface area (Å²) < 4.78 is 10.1. The molecule has 3 rings (SSSR count). The number of carbonyl (C=O) groups is 1. The maximum atomic E-state index is 11.9. The highest BCUT2D eigenvalue weighted by atomic mass is 35.5. The van der Waals surface area contributed by atoms with Crippen LogP contribution < -0.4 is 5.32 Å². The van der Waals surface area contributed by atoms with E-state index < -0.39 is 5.97 Å². The number of anilines is 2. The molecule has 1 N–H and O–H groups in total. The molecule has 0 fully saturated rings. The lowest BCUT2D eigenvalue weighted by atomic mass is 10.2. The highest BCUT2D eigenvalue weighted by Gasteiger charge is 2.20. The molecule has 23 heavy (non-hydrogen) atoms. The van der Waals surface area contributed by atoms with Crippen LogP contribution in [-0.2, 0) is 4.74 Å². The first-order valence-electron chi connectivity index (χ1n) is 6.93. The number of hydrogen-bond acceptors (Lipinski definition) is 7. The summed E-state index contributed by atoms with van der Waals surface area (Å²) in [4.78, 5) is 20.2. The van der Waals surface area contributed by atoms with Crippen molar-refractivity contribution in [3.05, 3.63) is 40.8 Å². The van der Waals surface area contributed by atoms with E-state index >= 15 is 0 Å². The van der Waals surface area contributed by atoms with Crippen LogP contribution in [0.1, 0.15) is 23.2 Å². The van der Waals surface area contributed by atoms with Crippen molar-refractivity contribution in [2.24, 2.45) is 0 Å². The molecule has 0 saturated carbocycles. The molecule has 3 aromatic rings. The Morgan fingerprint density at radius 1 is 1.35 bits per heavy atom. The van der Waals surface area contributed by atoms with Gasteiger partial charge < -0.3 is 14.6 Å². The lowest BCUT2D eigenvalue weighted by molar-refractivity contribution is 0.0512. The Morgan fingerprint density at radius 2 is 2.13 bits per heavy atom. The van der Waals surface area contributed by atoms with E-state index in [0.717, 1.165) is 0 Å². The Labute approximate surface area is 136 Å². The molecule has 118 valence electrons. The van der Waals surface area contributed by atoms with Crippen molar-refractivity contribution >= 4 is 40.2 Å². The van der Waals surface area contributed by atoms with E-state index in [1.54, 1.807) is 26.0 Å². The minimum absolute atomic E-state index is 0.106. The van der Waals surface area contributed by atoms with Crippen molar-refractivity contribution in [2.45, 2.75) is 13.8 Å². The van der Waals surface area contributed by atoms with Crippen LogP contribution in [0.25, 0.3) is 11.1 Å². The normalized spacial score (nSPS) is 10.7. The average Bonchev–Trinajstić information content (AvgIpc) is 2.91. The van der Waals surface area contributed by atoms with E-state index in [1.165, 1.54) is 0 Å². The fourth-order valence-electron chi connectivity index (χ4n) is 2.06. The quantitative estimate of drug-likeness (QED) is 0.731. The standard InChI is InChI=1S/C15H13ClN4O3/c1-3-22-15(21)13-18-12(11-8(2)20-23-14(11)19-13)17-10-7-5-4-6-9(10)16/h4-7H,3H2,1-2H3,(H,17,18,19). The maximum Gasteiger partial charge on any atom is 0.376 e. The van der Waals surface area contributed by atoms with Crippen molar-refractivity contribution in [1.82, 2.24) is 15.1 Å². The van der Waals surface area contributed by atoms with Gasteiger partial charge in [0.15, 0.2) is 0 Å². The molecular weight excluding hydrogens is 320 g/mol. The Hall–Kier alpha value is -2.67. The smallest absolute Gasteiger partial charge is 0.376 e. The van der Waals surface area contributed by atoms with Gasteiger partial charge in [-0.3, -0.25) is 0 Å². The zero-order valence-electron chi connectivity index (χ0n) is 12.5. The van der Waals surface area contributed by atoms with E-state index in [9.17, 15) is 4.79 Å². The zero-order chi connectivity index (χ0) is 16.4. The molecule has 0 amide bonds. The third kappa shape index (κ3) is 2.95. The van der Waals surface area contributed by atoms with Crippen LogP contribution in [0.15, 0.2) is 28.8 Å². The minimum Gasteiger partial charge on any atom is -0.460 e. The van der Waals surface area contributed by atoms with Gasteiger partial charge in [0, 0.05) is 0 Å². The molecule has 1 aromatic carbocycles. The van der Waals surface area contributed by atoms with Crippen LogP contribution in [0, 0.1) is 6.92 Å². The van der Waals surface area contributed by atoms with E-state index in [2.05, 4.69) is 20.4 Å². The molecule has 0 spiro atoms. The van der Waals surface area contributed by atoms with Gasteiger partial charge >= 0.3 is 5.97 Å². The molecule has 0 saturated heterocycles. The first-order valence-corrected chi connectivity index (χ1v) is 7.30. The van der Waals surface area contributed by atoms with Gasteiger partial charge in [-0.2, -0.15) is 4.98 Å². The van der Waals surface area contributed by atoms with Crippen LogP contribution in [-0.4, -0.2) is 27.7 Å². The topological polar surface area (TPSA) is 90.1 Å². The molecule has 7 nitrogen and oxygen atoms in total. The molecule has 8 heteroatoms. The maximum absolute atomic E-state index is 11.9. The number of para-hydroxylation sites is 1. The Bertz CT molecular complexity index is 878. The third-order valence-electron chi connectivity index (χ3n) is 3.09. The molecule has 0 unspecified atom stereocenters. The molecule has 0 bridgehead atoms. The third-order valence-corrected chi connectivity index (χ3v) is 3.42. The van der Waals surface area contributed by atoms with Crippen molar-refractivity contribution in [1.29, 1.82) is 0 Å². The van der Waals surface area contributed by atoms with Gasteiger partial charge in [0.1, 0.15) is 11.2 Å². The molecule has 0 aliphatic rings. The van der Waals surface area contributed by atoms with Crippen molar-refractivity contribution in [2.75, 3.05) is 11.9 Å². The van der Waals surface area contributed by atoms with Gasteiger partial charge in [-0.1, -0.05) is 28.9 Å². The van der Waals surface area contributed by atoms with Gasteiger partial charge in [0.2, 0.25) is 5.82 Å². The molecule has 0 radical (unpaired) electrons. The van der Waals surface area contributed by atoms with E-state index in [1.807, 2.05) is 12.1 Å². The molecule has 2 aromatic heterocycles. The number of esters is 1. The lowest BCUT2D eigenvalue weighted by Crippen LogP contribution is -2.11. The number of nitrogens with one attached hydrogen (secondary N) is 1. The second-order valence-electron chi connectivity index (χ2n) is 4.67. The molecule has 2 heterocycles. The van der Waals surface area contributed by atoms with E-state index in [4.69, 9.17) is 20.9 Å². The fraction of sp³-hybridized carbons (Fsp3) is 0.200. The fourth-order valence-corrected chi connectivity index (χ4v) is 2.24. The lowest BCUT2D eigenvalue weighted by Gasteiger charge is -2.09. The summed E-state index contributed by atoms with van der Waals surface area (Å²) in [7, 11) is 0. The van der Waals surface area contributed by atoms with Crippen LogP contribution in [0.3, 0.4) is 0 Å². The van der Waals surface area contributed by atoms with Gasteiger partial charge in [0.25, 0.3) is 5.71 Å². The summed E-state index contributed by atoms with van der Waals surface area (Å²) in [6, 6.07) is 7.19. The van der Waals surface area contributed by atoms with Crippen LogP contribution in [0.5, 0.6) is 0 Å². The van der Waals surface area contributed by atoms with Gasteiger partial charge in [-0.25, -0.2) is 9.78 Å². The van der Waals surface area contributed by atoms with Crippen LogP contribution >= 0.6 is 11.6 Å². The van der Waals surface area contributed by atoms with Gasteiger partial charge in [-0.05, 0) is 26.0 Å². The summed E-state index contributed by atoms with van der Waals surface area (Å²) in [5.74, 6) is -0.361. The number of nitrogens with zero attached hydrogens (tertiary/aromatic N) is 3. The van der Waals surface area contributed by atoms with Crippen molar-refractivity contribution < 1.29 is 14.1 Å². The number of fused-ring (bicyclic) bond motifs is 1. The second-order valence-corrected chi connectivity index (χ2v) is 5.08. The second kappa shape index (κ2) is 6.21. The Morgan fingerprint density at radius 3 is 2.87 bits per heavy atom. The number of ether oxygens (including phenoxy) is 1. The number of rotatable bonds is 4. The SMILES string of the molecule is CCOC(=O)c1nc(Nc2ccccc2Cl)c2c(C)noc2n1. The molecule has 0 aliphatic carbocycles. The predicted octanol–water partition coefficient (Wildman–Crippen LogP) is 3.50. The number of aromatic nitrogens is 3. The Kier molecular flexibility index (Phi) is 4.12. The van der Waals surface area contributed by atoms with Gasteiger partial charge in [-0.15, -0.1) is 0 Å². The van der Waals surface area contributed by atoms with Gasteiger partial charge in [0.05, 0.1) is 23.0 Å². The predicted molar refractivity (Wildman–Crippen MR) is 85.0 cm³/mol. The summed E-state index contributed by atoms with van der Waals surface area (Å²) in [5, 5.41) is 8.05. The van der Waals surface area contributed by atoms with Crippen molar-refractivity contribution in [3.8, 4) is 0 Å². The summed E-state index contributed by atoms with van der Waals surface area (Å²) in [5.41, 5.74) is 1.45. The number of carbonyl (C=O) groups excluding carboxylic acids is 1. The number of aryl methyl sites for hydroxylation is 1. The van der Waals surface area contributed by atoms with E-state index in [0.29, 0.717) is 27.6 Å². The largest absolute Gasteiger partial charge is 0.460 e. The monoisotopic (exact) mass is 332 g/mol. The number of benzene rings is 1. The number of hydrogen-bond donors (Lipinski definition) is 1. The molecule has 0 atom stereocenters. The summed E-state index contributed by atoms with van der Waals surface area (Å²) >= 11 is 6.15. The molecular formula is C15H13ClN4O3. The zero-order valence-corrected chi connectivity index (χ0v) is 13.2. The first-order chi connectivity index (χ1) is 11.1. The van der Waals surface area contributed by atoms with Crippen LogP contribution in [0.2, 0.25) is 5.02 Å². The summed E-state index contributed by atoms with van der Waals surface area (Å²) in [6.07, 6.45) is 0. The first kappa shape index (κ1) is 15.2. The van der Waals surface area contributed by atoms with Crippen molar-refractivity contribution in [3.63, 3.8) is 0 Å². The average molecular weight is 333 g/mol.